The van der Waals surface area contributed by atoms with Gasteiger partial charge < -0.3 is 10.6 Å². The Balaban J connectivity index is 2.78. The Morgan fingerprint density at radius 2 is 2.05 bits per heavy atom. The number of amides is 1. The standard InChI is InChI=1S/C15H20N2OS/c1-12(9-10-19-3)17-15(13(2)16-11-18)14-7-5-4-6-8-14/h4-8,11,15,17H,1-2,9-10H2,3H3,(H,16,18). The molecular formula is C15H20N2OS. The molecular weight excluding hydrogens is 256 g/mol. The van der Waals surface area contributed by atoms with E-state index in [0.717, 1.165) is 23.4 Å². The van der Waals surface area contributed by atoms with E-state index in [1.54, 1.807) is 11.8 Å². The molecule has 1 aromatic rings. The van der Waals surface area contributed by atoms with Crippen LogP contribution in [0.3, 0.4) is 0 Å². The number of hydrogen-bond acceptors (Lipinski definition) is 3. The van der Waals surface area contributed by atoms with E-state index in [0.29, 0.717) is 12.1 Å². The van der Waals surface area contributed by atoms with E-state index in [2.05, 4.69) is 30.0 Å². The summed E-state index contributed by atoms with van der Waals surface area (Å²) in [5.41, 5.74) is 2.61. The molecule has 0 aromatic heterocycles. The van der Waals surface area contributed by atoms with Gasteiger partial charge in [-0.25, -0.2) is 0 Å². The predicted octanol–water partition coefficient (Wildman–Crippen LogP) is 2.84. The molecule has 0 saturated carbocycles. The lowest BCUT2D eigenvalue weighted by Gasteiger charge is -2.23. The average Bonchev–Trinajstić information content (AvgIpc) is 2.43. The van der Waals surface area contributed by atoms with Gasteiger partial charge in [0.05, 0.1) is 6.04 Å². The number of nitrogens with one attached hydrogen (secondary N) is 2. The Labute approximate surface area is 119 Å². The van der Waals surface area contributed by atoms with Crippen LogP contribution in [0.2, 0.25) is 0 Å². The van der Waals surface area contributed by atoms with Gasteiger partial charge in [-0.05, 0) is 24.0 Å². The van der Waals surface area contributed by atoms with Crippen molar-refractivity contribution in [3.05, 3.63) is 60.4 Å². The lowest BCUT2D eigenvalue weighted by molar-refractivity contribution is -0.109. The number of hydrogen-bond donors (Lipinski definition) is 2. The van der Waals surface area contributed by atoms with Crippen molar-refractivity contribution in [1.82, 2.24) is 10.6 Å². The normalized spacial score (nSPS) is 11.4. The average molecular weight is 276 g/mol. The van der Waals surface area contributed by atoms with E-state index in [4.69, 9.17) is 0 Å². The summed E-state index contributed by atoms with van der Waals surface area (Å²) in [5, 5.41) is 5.95. The van der Waals surface area contributed by atoms with Crippen molar-refractivity contribution in [2.45, 2.75) is 12.5 Å². The van der Waals surface area contributed by atoms with E-state index in [1.165, 1.54) is 0 Å². The molecule has 4 heteroatoms. The fourth-order valence-corrected chi connectivity index (χ4v) is 2.13. The van der Waals surface area contributed by atoms with Gasteiger partial charge in [-0.2, -0.15) is 11.8 Å². The molecule has 0 bridgehead atoms. The molecule has 1 rings (SSSR count). The van der Waals surface area contributed by atoms with Crippen LogP contribution in [0.5, 0.6) is 0 Å². The quantitative estimate of drug-likeness (QED) is 0.681. The third-order valence-electron chi connectivity index (χ3n) is 2.68. The molecule has 1 atom stereocenters. The number of thioether (sulfide) groups is 1. The maximum Gasteiger partial charge on any atom is 0.211 e. The zero-order valence-electron chi connectivity index (χ0n) is 11.2. The molecule has 0 aliphatic rings. The summed E-state index contributed by atoms with van der Waals surface area (Å²) in [5.74, 6) is 1.01. The zero-order chi connectivity index (χ0) is 14.1. The number of carbonyl (C=O) groups excluding carboxylic acids is 1. The molecule has 1 amide bonds. The maximum atomic E-state index is 10.6. The number of benzene rings is 1. The Morgan fingerprint density at radius 1 is 1.37 bits per heavy atom. The summed E-state index contributed by atoms with van der Waals surface area (Å²) in [4.78, 5) is 10.6. The molecule has 0 heterocycles. The molecule has 0 saturated heterocycles. The molecule has 1 unspecified atom stereocenters. The van der Waals surface area contributed by atoms with Crippen LogP contribution >= 0.6 is 11.8 Å². The van der Waals surface area contributed by atoms with Gasteiger partial charge in [0.2, 0.25) is 6.41 Å². The van der Waals surface area contributed by atoms with Gasteiger partial charge in [-0.1, -0.05) is 43.5 Å². The first kappa shape index (κ1) is 15.4. The minimum Gasteiger partial charge on any atom is -0.377 e. The number of allylic oxidation sites excluding steroid dienone is 1. The smallest absolute Gasteiger partial charge is 0.211 e. The first-order valence-electron chi connectivity index (χ1n) is 6.06. The molecule has 102 valence electrons. The minimum absolute atomic E-state index is 0.152. The van der Waals surface area contributed by atoms with Crippen LogP contribution in [0.25, 0.3) is 0 Å². The second kappa shape index (κ2) is 8.43. The molecule has 0 spiro atoms. The lowest BCUT2D eigenvalue weighted by Crippen LogP contribution is -2.28. The first-order valence-corrected chi connectivity index (χ1v) is 7.45. The molecule has 0 aliphatic heterocycles. The molecule has 2 N–H and O–H groups in total. The van der Waals surface area contributed by atoms with Crippen molar-refractivity contribution in [3.63, 3.8) is 0 Å². The second-order valence-corrected chi connectivity index (χ2v) is 5.11. The van der Waals surface area contributed by atoms with Crippen molar-refractivity contribution < 1.29 is 4.79 Å². The Bertz CT molecular complexity index is 431. The van der Waals surface area contributed by atoms with Crippen LogP contribution in [-0.4, -0.2) is 18.4 Å². The van der Waals surface area contributed by atoms with Crippen LogP contribution in [0.4, 0.5) is 0 Å². The Hall–Kier alpha value is -1.68. The van der Waals surface area contributed by atoms with Gasteiger partial charge in [-0.3, -0.25) is 4.79 Å². The first-order chi connectivity index (χ1) is 9.19. The molecule has 1 aromatic carbocycles. The maximum absolute atomic E-state index is 10.6. The third-order valence-corrected chi connectivity index (χ3v) is 3.29. The fourth-order valence-electron chi connectivity index (χ4n) is 1.68. The van der Waals surface area contributed by atoms with E-state index in [9.17, 15) is 4.79 Å². The van der Waals surface area contributed by atoms with E-state index in [1.807, 2.05) is 30.3 Å². The van der Waals surface area contributed by atoms with Crippen molar-refractivity contribution in [2.24, 2.45) is 0 Å². The SMILES string of the molecule is C=C(CCSC)NC(C(=C)NC=O)c1ccccc1. The van der Waals surface area contributed by atoms with Crippen molar-refractivity contribution in [3.8, 4) is 0 Å². The molecule has 0 aliphatic carbocycles. The molecule has 0 radical (unpaired) electrons. The van der Waals surface area contributed by atoms with Crippen LogP contribution in [-0.2, 0) is 4.79 Å². The zero-order valence-corrected chi connectivity index (χ0v) is 12.0. The highest BCUT2D eigenvalue weighted by Crippen LogP contribution is 2.20. The predicted molar refractivity (Wildman–Crippen MR) is 82.8 cm³/mol. The van der Waals surface area contributed by atoms with Gasteiger partial charge in [0.1, 0.15) is 0 Å². The van der Waals surface area contributed by atoms with Gasteiger partial charge in [0.25, 0.3) is 0 Å². The molecule has 0 fully saturated rings. The highest BCUT2D eigenvalue weighted by atomic mass is 32.2. The number of carbonyl (C=O) groups is 1. The monoisotopic (exact) mass is 276 g/mol. The summed E-state index contributed by atoms with van der Waals surface area (Å²) in [6.07, 6.45) is 3.60. The Morgan fingerprint density at radius 3 is 2.63 bits per heavy atom. The summed E-state index contributed by atoms with van der Waals surface area (Å²) < 4.78 is 0. The fraction of sp³-hybridized carbons (Fsp3) is 0.267. The van der Waals surface area contributed by atoms with Crippen LogP contribution in [0, 0.1) is 0 Å². The minimum atomic E-state index is -0.152. The summed E-state index contributed by atoms with van der Waals surface area (Å²) in [7, 11) is 0. The van der Waals surface area contributed by atoms with Crippen molar-refractivity contribution in [1.29, 1.82) is 0 Å². The lowest BCUT2D eigenvalue weighted by atomic mass is 10.0. The highest BCUT2D eigenvalue weighted by molar-refractivity contribution is 7.98. The third kappa shape index (κ3) is 5.22. The Kier molecular flexibility index (Phi) is 6.82. The van der Waals surface area contributed by atoms with E-state index >= 15 is 0 Å². The highest BCUT2D eigenvalue weighted by Gasteiger charge is 2.14. The van der Waals surface area contributed by atoms with Gasteiger partial charge in [0.15, 0.2) is 0 Å². The number of rotatable bonds is 9. The molecule has 19 heavy (non-hydrogen) atoms. The summed E-state index contributed by atoms with van der Waals surface area (Å²) in [6.45, 7) is 7.92. The molecule has 3 nitrogen and oxygen atoms in total. The van der Waals surface area contributed by atoms with Crippen molar-refractivity contribution >= 4 is 18.2 Å². The van der Waals surface area contributed by atoms with Gasteiger partial charge in [0, 0.05) is 11.4 Å². The van der Waals surface area contributed by atoms with Crippen LogP contribution < -0.4 is 10.6 Å². The topological polar surface area (TPSA) is 41.1 Å². The van der Waals surface area contributed by atoms with Crippen molar-refractivity contribution in [2.75, 3.05) is 12.0 Å². The van der Waals surface area contributed by atoms with Gasteiger partial charge >= 0.3 is 0 Å². The van der Waals surface area contributed by atoms with Gasteiger partial charge in [-0.15, -0.1) is 0 Å². The van der Waals surface area contributed by atoms with Crippen LogP contribution in [0.15, 0.2) is 54.9 Å². The summed E-state index contributed by atoms with van der Waals surface area (Å²) in [6, 6.07) is 9.72. The second-order valence-electron chi connectivity index (χ2n) is 4.12. The largest absolute Gasteiger partial charge is 0.377 e. The summed E-state index contributed by atoms with van der Waals surface area (Å²) >= 11 is 1.78. The van der Waals surface area contributed by atoms with E-state index < -0.39 is 0 Å². The van der Waals surface area contributed by atoms with E-state index in [-0.39, 0.29) is 6.04 Å². The van der Waals surface area contributed by atoms with Crippen LogP contribution in [0.1, 0.15) is 18.0 Å².